The molecule has 0 spiro atoms. The van der Waals surface area contributed by atoms with E-state index in [2.05, 4.69) is 9.97 Å². The summed E-state index contributed by atoms with van der Waals surface area (Å²) in [5, 5.41) is 0.970. The smallest absolute Gasteiger partial charge is 0.293 e. The van der Waals surface area contributed by atoms with Crippen LogP contribution >= 0.6 is 23.2 Å². The molecule has 0 amide bonds. The van der Waals surface area contributed by atoms with Gasteiger partial charge in [0.25, 0.3) is 11.5 Å². The van der Waals surface area contributed by atoms with E-state index in [4.69, 9.17) is 33.8 Å². The molecule has 36 heavy (non-hydrogen) atoms. The Labute approximate surface area is 215 Å². The largest absolute Gasteiger partial charge is 0.412 e. The predicted octanol–water partition coefficient (Wildman–Crippen LogP) is 4.91. The van der Waals surface area contributed by atoms with E-state index in [1.54, 1.807) is 41.3 Å². The molecular formula is C25H21Cl2F2N5O2. The van der Waals surface area contributed by atoms with Crippen LogP contribution in [0.25, 0.3) is 33.5 Å². The average molecular weight is 532 g/mol. The minimum Gasteiger partial charge on any atom is -0.412 e. The van der Waals surface area contributed by atoms with E-state index in [-0.39, 0.29) is 35.8 Å². The summed E-state index contributed by atoms with van der Waals surface area (Å²) in [4.78, 5) is 29.4. The molecule has 2 aromatic carbocycles. The highest BCUT2D eigenvalue weighted by Gasteiger charge is 2.37. The Bertz CT molecular complexity index is 1520. The number of pyridine rings is 1. The Morgan fingerprint density at radius 3 is 2.50 bits per heavy atom. The lowest BCUT2D eigenvalue weighted by molar-refractivity contribution is 0.0115. The van der Waals surface area contributed by atoms with Crippen molar-refractivity contribution in [2.75, 3.05) is 25.9 Å². The lowest BCUT2D eigenvalue weighted by atomic mass is 10.1. The van der Waals surface area contributed by atoms with Gasteiger partial charge in [-0.25, -0.2) is 18.7 Å². The first kappa shape index (κ1) is 24.4. The van der Waals surface area contributed by atoms with E-state index in [0.29, 0.717) is 39.6 Å². The van der Waals surface area contributed by atoms with Crippen molar-refractivity contribution in [3.05, 3.63) is 74.5 Å². The van der Waals surface area contributed by atoms with Gasteiger partial charge in [0.05, 0.1) is 27.5 Å². The van der Waals surface area contributed by atoms with Crippen LogP contribution in [-0.2, 0) is 6.54 Å². The molecule has 5 rings (SSSR count). The van der Waals surface area contributed by atoms with Gasteiger partial charge in [0.2, 0.25) is 0 Å². The summed E-state index contributed by atoms with van der Waals surface area (Å²) in [5.74, 6) is -2.28. The second kappa shape index (κ2) is 9.31. The van der Waals surface area contributed by atoms with Crippen molar-refractivity contribution in [3.63, 3.8) is 0 Å². The first-order valence-electron chi connectivity index (χ1n) is 11.1. The van der Waals surface area contributed by atoms with E-state index in [1.807, 2.05) is 12.1 Å². The Kier molecular flexibility index (Phi) is 6.32. The summed E-state index contributed by atoms with van der Waals surface area (Å²) in [6.07, 6.45) is -0.146. The van der Waals surface area contributed by atoms with Crippen LogP contribution in [0.5, 0.6) is 0 Å². The van der Waals surface area contributed by atoms with Crippen molar-refractivity contribution in [3.8, 4) is 22.5 Å². The van der Waals surface area contributed by atoms with Crippen molar-refractivity contribution in [2.24, 2.45) is 0 Å². The number of hydrogen-bond acceptors (Lipinski definition) is 6. The molecule has 4 aromatic rings. The van der Waals surface area contributed by atoms with E-state index in [0.717, 1.165) is 10.3 Å². The number of alkyl halides is 2. The van der Waals surface area contributed by atoms with Gasteiger partial charge in [0, 0.05) is 30.6 Å². The molecule has 1 aliphatic rings. The molecule has 0 radical (unpaired) electrons. The molecule has 0 atom stereocenters. The second-order valence-electron chi connectivity index (χ2n) is 8.62. The number of halogens is 4. The van der Waals surface area contributed by atoms with Crippen molar-refractivity contribution < 1.29 is 13.6 Å². The first-order valence-corrected chi connectivity index (χ1v) is 11.8. The number of aromatic nitrogens is 3. The predicted molar refractivity (Wildman–Crippen MR) is 136 cm³/mol. The highest BCUT2D eigenvalue weighted by molar-refractivity contribution is 6.39. The summed E-state index contributed by atoms with van der Waals surface area (Å²) in [5.41, 5.74) is 7.95. The number of fused-ring (bicyclic) bond motifs is 1. The fraction of sp³-hybridized carbons (Fsp3) is 0.240. The SMILES string of the molecule is COn1c(=O)c(-c2c(Cl)cccc2Cl)cc2c(N)nc(-c3cccc(CN4CCC(F)(F)C4)c3)nc21. The highest BCUT2D eigenvalue weighted by atomic mass is 35.5. The number of benzene rings is 2. The molecule has 0 saturated carbocycles. The van der Waals surface area contributed by atoms with Crippen LogP contribution in [0.15, 0.2) is 53.3 Å². The molecular weight excluding hydrogens is 511 g/mol. The van der Waals surface area contributed by atoms with Crippen molar-refractivity contribution >= 4 is 40.1 Å². The number of likely N-dealkylation sites (tertiary alicyclic amines) is 1. The standard InChI is InChI=1S/C25H21Cl2F2N5O2/c1-36-34-23-17(11-16(24(34)35)20-18(26)6-3-7-19(20)27)21(30)31-22(32-23)15-5-2-4-14(10-15)12-33-9-8-25(28,29)13-33/h2-7,10-11H,8-9,12-13H2,1H3,(H2,30,31,32). The van der Waals surface area contributed by atoms with Gasteiger partial charge in [-0.1, -0.05) is 47.5 Å². The van der Waals surface area contributed by atoms with Gasteiger partial charge in [0.15, 0.2) is 11.5 Å². The molecule has 0 unspecified atom stereocenters. The van der Waals surface area contributed by atoms with Crippen LogP contribution in [0.3, 0.4) is 0 Å². The van der Waals surface area contributed by atoms with Gasteiger partial charge in [-0.2, -0.15) is 0 Å². The molecule has 2 N–H and O–H groups in total. The van der Waals surface area contributed by atoms with Gasteiger partial charge in [0.1, 0.15) is 12.9 Å². The number of hydrogen-bond donors (Lipinski definition) is 1. The van der Waals surface area contributed by atoms with Gasteiger partial charge in [-0.15, -0.1) is 4.73 Å². The van der Waals surface area contributed by atoms with Crippen LogP contribution in [0.1, 0.15) is 12.0 Å². The zero-order chi connectivity index (χ0) is 25.6. The van der Waals surface area contributed by atoms with E-state index >= 15 is 0 Å². The molecule has 1 aliphatic heterocycles. The third-order valence-electron chi connectivity index (χ3n) is 6.11. The summed E-state index contributed by atoms with van der Waals surface area (Å²) in [6.45, 7) is 0.431. The summed E-state index contributed by atoms with van der Waals surface area (Å²) in [7, 11) is 1.34. The summed E-state index contributed by atoms with van der Waals surface area (Å²) >= 11 is 12.7. The van der Waals surface area contributed by atoms with Gasteiger partial charge in [-0.05, 0) is 29.8 Å². The Balaban J connectivity index is 1.59. The fourth-order valence-corrected chi connectivity index (χ4v) is 5.02. The van der Waals surface area contributed by atoms with Crippen LogP contribution in [-0.4, -0.2) is 45.7 Å². The molecule has 1 saturated heterocycles. The fourth-order valence-electron chi connectivity index (χ4n) is 4.42. The maximum atomic E-state index is 13.6. The molecule has 0 bridgehead atoms. The van der Waals surface area contributed by atoms with Gasteiger partial charge >= 0.3 is 0 Å². The number of nitrogens with two attached hydrogens (primary N) is 1. The summed E-state index contributed by atoms with van der Waals surface area (Å²) < 4.78 is 28.2. The van der Waals surface area contributed by atoms with Crippen LogP contribution in [0.2, 0.25) is 10.0 Å². The second-order valence-corrected chi connectivity index (χ2v) is 9.44. The van der Waals surface area contributed by atoms with Crippen LogP contribution < -0.4 is 16.1 Å². The Morgan fingerprint density at radius 2 is 1.83 bits per heavy atom. The quantitative estimate of drug-likeness (QED) is 0.393. The summed E-state index contributed by atoms with van der Waals surface area (Å²) in [6, 6.07) is 13.7. The molecule has 1 fully saturated rings. The van der Waals surface area contributed by atoms with Crippen LogP contribution in [0, 0.1) is 0 Å². The number of rotatable bonds is 5. The number of anilines is 1. The Hall–Kier alpha value is -3.27. The van der Waals surface area contributed by atoms with E-state index < -0.39 is 11.5 Å². The molecule has 11 heteroatoms. The first-order chi connectivity index (χ1) is 17.2. The topological polar surface area (TPSA) is 86.3 Å². The third-order valence-corrected chi connectivity index (χ3v) is 6.74. The monoisotopic (exact) mass is 531 g/mol. The molecule has 7 nitrogen and oxygen atoms in total. The Morgan fingerprint density at radius 1 is 1.11 bits per heavy atom. The maximum absolute atomic E-state index is 13.6. The molecule has 3 heterocycles. The van der Waals surface area contributed by atoms with E-state index in [9.17, 15) is 13.6 Å². The lowest BCUT2D eigenvalue weighted by Crippen LogP contribution is -2.27. The molecule has 186 valence electrons. The lowest BCUT2D eigenvalue weighted by Gasteiger charge is -2.16. The van der Waals surface area contributed by atoms with Crippen molar-refractivity contribution in [2.45, 2.75) is 18.9 Å². The normalized spacial score (nSPS) is 15.5. The zero-order valence-corrected chi connectivity index (χ0v) is 20.7. The highest BCUT2D eigenvalue weighted by Crippen LogP contribution is 2.35. The van der Waals surface area contributed by atoms with Crippen molar-refractivity contribution in [1.29, 1.82) is 0 Å². The van der Waals surface area contributed by atoms with Crippen molar-refractivity contribution in [1.82, 2.24) is 19.6 Å². The third kappa shape index (κ3) is 4.50. The molecule has 2 aromatic heterocycles. The molecule has 0 aliphatic carbocycles. The zero-order valence-electron chi connectivity index (χ0n) is 19.1. The number of nitrogens with zero attached hydrogens (tertiary/aromatic N) is 4. The van der Waals surface area contributed by atoms with Gasteiger partial charge < -0.3 is 10.6 Å². The minimum absolute atomic E-state index is 0.120. The van der Waals surface area contributed by atoms with Crippen LogP contribution in [0.4, 0.5) is 14.6 Å². The number of nitrogen functional groups attached to an aromatic ring is 1. The average Bonchev–Trinajstić information content (AvgIpc) is 3.17. The minimum atomic E-state index is -2.66. The maximum Gasteiger partial charge on any atom is 0.293 e. The van der Waals surface area contributed by atoms with E-state index in [1.165, 1.54) is 7.11 Å². The van der Waals surface area contributed by atoms with Gasteiger partial charge in [-0.3, -0.25) is 9.69 Å².